The third-order valence-electron chi connectivity index (χ3n) is 5.41. The SMILES string of the molecule is CCC(C(=O)NC(CC(=O)O)C(=O)CF)c1ccnn(CC2CCCCC2)c1=O. The maximum atomic E-state index is 12.9. The number of hydrogen-bond acceptors (Lipinski definition) is 5. The molecule has 1 aliphatic carbocycles. The molecule has 2 atom stereocenters. The minimum absolute atomic E-state index is 0.234. The van der Waals surface area contributed by atoms with Crippen molar-refractivity contribution in [3.63, 3.8) is 0 Å². The number of ketones is 1. The standard InChI is InChI=1S/C20H28FN3O5/c1-2-14(19(28)23-16(10-18(26)27)17(25)11-21)15-8-9-22-24(20(15)29)12-13-6-4-3-5-7-13/h8-9,13-14,16H,2-7,10-12H2,1H3,(H,23,28)(H,26,27). The molecule has 1 aromatic rings. The number of carboxylic acid groups (broad SMARTS) is 1. The number of hydrogen-bond donors (Lipinski definition) is 2. The number of rotatable bonds is 10. The first kappa shape index (κ1) is 22.7. The Morgan fingerprint density at radius 2 is 2.00 bits per heavy atom. The number of carboxylic acids is 1. The molecule has 8 nitrogen and oxygen atoms in total. The lowest BCUT2D eigenvalue weighted by molar-refractivity contribution is -0.140. The van der Waals surface area contributed by atoms with Crippen LogP contribution in [0.15, 0.2) is 17.1 Å². The fourth-order valence-corrected chi connectivity index (χ4v) is 3.81. The van der Waals surface area contributed by atoms with Gasteiger partial charge in [0.15, 0.2) is 5.78 Å². The summed E-state index contributed by atoms with van der Waals surface area (Å²) in [6.45, 7) is 0.823. The minimum Gasteiger partial charge on any atom is -0.481 e. The van der Waals surface area contributed by atoms with E-state index < -0.39 is 42.7 Å². The Morgan fingerprint density at radius 3 is 2.59 bits per heavy atom. The third-order valence-corrected chi connectivity index (χ3v) is 5.41. The van der Waals surface area contributed by atoms with E-state index in [1.54, 1.807) is 6.92 Å². The van der Waals surface area contributed by atoms with E-state index in [2.05, 4.69) is 10.4 Å². The van der Waals surface area contributed by atoms with Crippen LogP contribution in [0.5, 0.6) is 0 Å². The van der Waals surface area contributed by atoms with Crippen LogP contribution < -0.4 is 10.9 Å². The van der Waals surface area contributed by atoms with Crippen LogP contribution in [0.1, 0.15) is 63.4 Å². The van der Waals surface area contributed by atoms with Crippen LogP contribution in [0, 0.1) is 5.92 Å². The molecule has 2 N–H and O–H groups in total. The van der Waals surface area contributed by atoms with E-state index in [0.717, 1.165) is 25.7 Å². The number of aliphatic carboxylic acids is 1. The van der Waals surface area contributed by atoms with Crippen molar-refractivity contribution < 1.29 is 23.9 Å². The molecule has 0 aliphatic heterocycles. The minimum atomic E-state index is -1.47. The van der Waals surface area contributed by atoms with Crippen LogP contribution in [-0.4, -0.2) is 45.3 Å². The fourth-order valence-electron chi connectivity index (χ4n) is 3.81. The highest BCUT2D eigenvalue weighted by atomic mass is 19.1. The Bertz CT molecular complexity index is 789. The Balaban J connectivity index is 2.20. The van der Waals surface area contributed by atoms with Gasteiger partial charge in [-0.25, -0.2) is 9.07 Å². The second-order valence-corrected chi connectivity index (χ2v) is 7.50. The second kappa shape index (κ2) is 10.8. The number of aromatic nitrogens is 2. The molecular formula is C20H28FN3O5. The number of amides is 1. The number of halogens is 1. The van der Waals surface area contributed by atoms with Crippen LogP contribution >= 0.6 is 0 Å². The quantitative estimate of drug-likeness (QED) is 0.608. The molecule has 0 saturated heterocycles. The van der Waals surface area contributed by atoms with Gasteiger partial charge in [0.1, 0.15) is 12.7 Å². The van der Waals surface area contributed by atoms with Gasteiger partial charge in [-0.15, -0.1) is 0 Å². The molecule has 9 heteroatoms. The van der Waals surface area contributed by atoms with Gasteiger partial charge in [0.25, 0.3) is 5.56 Å². The Labute approximate surface area is 168 Å². The van der Waals surface area contributed by atoms with Crippen LogP contribution in [0.2, 0.25) is 0 Å². The summed E-state index contributed by atoms with van der Waals surface area (Å²) >= 11 is 0. The van der Waals surface area contributed by atoms with E-state index in [1.165, 1.54) is 23.4 Å². The molecule has 29 heavy (non-hydrogen) atoms. The molecule has 1 saturated carbocycles. The highest BCUT2D eigenvalue weighted by Gasteiger charge is 2.29. The molecule has 0 radical (unpaired) electrons. The molecule has 1 aliphatic rings. The van der Waals surface area contributed by atoms with Crippen LogP contribution in [-0.2, 0) is 20.9 Å². The highest BCUT2D eigenvalue weighted by molar-refractivity contribution is 5.94. The topological polar surface area (TPSA) is 118 Å². The second-order valence-electron chi connectivity index (χ2n) is 7.50. The first-order valence-corrected chi connectivity index (χ1v) is 10.0. The molecule has 1 fully saturated rings. The zero-order valence-corrected chi connectivity index (χ0v) is 16.6. The molecule has 160 valence electrons. The number of Topliss-reactive ketones (excluding diaryl/α,β-unsaturated/α-hetero) is 1. The molecule has 2 rings (SSSR count). The van der Waals surface area contributed by atoms with E-state index >= 15 is 0 Å². The van der Waals surface area contributed by atoms with Crippen LogP contribution in [0.3, 0.4) is 0 Å². The predicted molar refractivity (Wildman–Crippen MR) is 103 cm³/mol. The lowest BCUT2D eigenvalue weighted by Gasteiger charge is -2.23. The molecule has 0 bridgehead atoms. The molecule has 1 amide bonds. The normalized spacial score (nSPS) is 16.8. The number of nitrogens with one attached hydrogen (secondary N) is 1. The number of alkyl halides is 1. The smallest absolute Gasteiger partial charge is 0.305 e. The van der Waals surface area contributed by atoms with Gasteiger partial charge < -0.3 is 10.4 Å². The average Bonchev–Trinajstić information content (AvgIpc) is 2.70. The summed E-state index contributed by atoms with van der Waals surface area (Å²) in [5, 5.41) is 15.3. The summed E-state index contributed by atoms with van der Waals surface area (Å²) in [4.78, 5) is 48.2. The van der Waals surface area contributed by atoms with Gasteiger partial charge in [-0.1, -0.05) is 26.2 Å². The van der Waals surface area contributed by atoms with Crippen molar-refractivity contribution in [1.29, 1.82) is 0 Å². The molecular weight excluding hydrogens is 381 g/mol. The zero-order chi connectivity index (χ0) is 21.4. The van der Waals surface area contributed by atoms with E-state index in [9.17, 15) is 23.6 Å². The summed E-state index contributed by atoms with van der Waals surface area (Å²) in [7, 11) is 0. The van der Waals surface area contributed by atoms with Gasteiger partial charge in [-0.2, -0.15) is 5.10 Å². The fraction of sp³-hybridized carbons (Fsp3) is 0.650. The van der Waals surface area contributed by atoms with E-state index in [0.29, 0.717) is 12.5 Å². The van der Waals surface area contributed by atoms with Gasteiger partial charge in [0, 0.05) is 18.3 Å². The first-order valence-electron chi connectivity index (χ1n) is 10.0. The third kappa shape index (κ3) is 6.20. The van der Waals surface area contributed by atoms with Crippen molar-refractivity contribution in [2.75, 3.05) is 6.67 Å². The molecule has 1 aromatic heterocycles. The summed E-state index contributed by atoms with van der Waals surface area (Å²) in [5.41, 5.74) is -0.135. The lowest BCUT2D eigenvalue weighted by Crippen LogP contribution is -2.46. The van der Waals surface area contributed by atoms with Crippen molar-refractivity contribution in [3.05, 3.63) is 28.2 Å². The maximum Gasteiger partial charge on any atom is 0.305 e. The predicted octanol–water partition coefficient (Wildman–Crippen LogP) is 1.82. The summed E-state index contributed by atoms with van der Waals surface area (Å²) < 4.78 is 14.1. The van der Waals surface area contributed by atoms with Gasteiger partial charge in [-0.05, 0) is 31.2 Å². The van der Waals surface area contributed by atoms with Crippen molar-refractivity contribution in [2.24, 2.45) is 5.92 Å². The Kier molecular flexibility index (Phi) is 8.48. The van der Waals surface area contributed by atoms with Gasteiger partial charge in [0.2, 0.25) is 5.91 Å². The summed E-state index contributed by atoms with van der Waals surface area (Å²) in [6.07, 6.45) is 6.56. The number of nitrogens with zero attached hydrogens (tertiary/aromatic N) is 2. The van der Waals surface area contributed by atoms with E-state index in [-0.39, 0.29) is 17.5 Å². The van der Waals surface area contributed by atoms with Gasteiger partial charge in [0.05, 0.1) is 12.3 Å². The largest absolute Gasteiger partial charge is 0.481 e. The van der Waals surface area contributed by atoms with Crippen molar-refractivity contribution in [3.8, 4) is 0 Å². The zero-order valence-electron chi connectivity index (χ0n) is 16.6. The monoisotopic (exact) mass is 409 g/mol. The maximum absolute atomic E-state index is 12.9. The van der Waals surface area contributed by atoms with Crippen molar-refractivity contribution in [2.45, 2.75) is 70.4 Å². The molecule has 0 spiro atoms. The van der Waals surface area contributed by atoms with Gasteiger partial charge >= 0.3 is 5.97 Å². The Hall–Kier alpha value is -2.58. The average molecular weight is 409 g/mol. The van der Waals surface area contributed by atoms with Crippen molar-refractivity contribution in [1.82, 2.24) is 15.1 Å². The summed E-state index contributed by atoms with van der Waals surface area (Å²) in [6, 6.07) is 0.00161. The number of carbonyl (C=O) groups excluding carboxylic acids is 2. The molecule has 0 aromatic carbocycles. The van der Waals surface area contributed by atoms with Crippen LogP contribution in [0.25, 0.3) is 0 Å². The first-order chi connectivity index (χ1) is 13.9. The van der Waals surface area contributed by atoms with Gasteiger partial charge in [-0.3, -0.25) is 19.2 Å². The number of carbonyl (C=O) groups is 3. The molecule has 2 unspecified atom stereocenters. The summed E-state index contributed by atoms with van der Waals surface area (Å²) in [5.74, 6) is -3.52. The molecule has 1 heterocycles. The van der Waals surface area contributed by atoms with E-state index in [4.69, 9.17) is 5.11 Å². The highest BCUT2D eigenvalue weighted by Crippen LogP contribution is 2.24. The van der Waals surface area contributed by atoms with E-state index in [1.807, 2.05) is 0 Å². The van der Waals surface area contributed by atoms with Crippen LogP contribution in [0.4, 0.5) is 4.39 Å². The Morgan fingerprint density at radius 1 is 1.31 bits per heavy atom. The lowest BCUT2D eigenvalue weighted by atomic mass is 9.89. The van der Waals surface area contributed by atoms with Crippen molar-refractivity contribution >= 4 is 17.7 Å².